The van der Waals surface area contributed by atoms with E-state index in [4.69, 9.17) is 0 Å². The second-order valence-corrected chi connectivity index (χ2v) is 10.8. The van der Waals surface area contributed by atoms with E-state index in [1.54, 1.807) is 7.05 Å². The van der Waals surface area contributed by atoms with Gasteiger partial charge in [-0.3, -0.25) is 9.59 Å². The number of sulfonamides is 1. The van der Waals surface area contributed by atoms with Crippen LogP contribution in [0.15, 0.2) is 54.5 Å². The molecule has 1 aliphatic rings. The first-order valence-corrected chi connectivity index (χ1v) is 13.1. The van der Waals surface area contributed by atoms with Crippen molar-refractivity contribution >= 4 is 38.2 Å². The number of carbonyl (C=O) groups is 2. The predicted molar refractivity (Wildman–Crippen MR) is 133 cm³/mol. The first-order valence-electron chi connectivity index (χ1n) is 10.8. The number of nitrogens with zero attached hydrogens (tertiary/aromatic N) is 1. The highest BCUT2D eigenvalue weighted by Crippen LogP contribution is 2.37. The van der Waals surface area contributed by atoms with Gasteiger partial charge in [-0.2, -0.15) is 4.31 Å². The molecule has 0 saturated carbocycles. The molecule has 2 N–H and O–H groups in total. The summed E-state index contributed by atoms with van der Waals surface area (Å²) in [6.07, 6.45) is 7.96. The Balaban J connectivity index is 1.85. The second-order valence-electron chi connectivity index (χ2n) is 7.73. The fourth-order valence-electron chi connectivity index (χ4n) is 3.86. The lowest BCUT2D eigenvalue weighted by molar-refractivity contribution is 0.0963. The number of hydrogen-bond acceptors (Lipinski definition) is 5. The highest BCUT2D eigenvalue weighted by Gasteiger charge is 2.26. The molecule has 2 aromatic rings. The van der Waals surface area contributed by atoms with E-state index in [0.717, 1.165) is 42.5 Å². The molecule has 1 aromatic carbocycles. The number of nitrogens with one attached hydrogen (secondary N) is 2. The molecule has 0 bridgehead atoms. The molecule has 0 saturated heterocycles. The van der Waals surface area contributed by atoms with Crippen molar-refractivity contribution in [3.05, 3.63) is 71.1 Å². The second kappa shape index (κ2) is 10.9. The van der Waals surface area contributed by atoms with Gasteiger partial charge in [0.2, 0.25) is 10.0 Å². The largest absolute Gasteiger partial charge is 0.355 e. The number of rotatable bonds is 9. The summed E-state index contributed by atoms with van der Waals surface area (Å²) in [5.41, 5.74) is 1.87. The summed E-state index contributed by atoms with van der Waals surface area (Å²) in [6, 6.07) is 5.76. The molecule has 9 heteroatoms. The monoisotopic (exact) mass is 487 g/mol. The summed E-state index contributed by atoms with van der Waals surface area (Å²) in [6.45, 7) is 7.51. The van der Waals surface area contributed by atoms with Gasteiger partial charge < -0.3 is 10.6 Å². The molecule has 1 aromatic heterocycles. The molecule has 176 valence electrons. The molecule has 0 spiro atoms. The topological polar surface area (TPSA) is 95.6 Å². The Bertz CT molecular complexity index is 1140. The van der Waals surface area contributed by atoms with Gasteiger partial charge in [-0.15, -0.1) is 24.5 Å². The lowest BCUT2D eigenvalue weighted by Crippen LogP contribution is -2.31. The van der Waals surface area contributed by atoms with E-state index >= 15 is 0 Å². The zero-order valence-corrected chi connectivity index (χ0v) is 20.4. The molecular formula is C24H29N3O4S2. The molecule has 1 heterocycles. The van der Waals surface area contributed by atoms with Crippen molar-refractivity contribution in [3.8, 4) is 0 Å². The van der Waals surface area contributed by atoms with Gasteiger partial charge in [0, 0.05) is 30.6 Å². The Morgan fingerprint density at radius 1 is 1.03 bits per heavy atom. The van der Waals surface area contributed by atoms with Gasteiger partial charge in [0.15, 0.2) is 0 Å². The smallest absolute Gasteiger partial charge is 0.256 e. The zero-order chi connectivity index (χ0) is 24.0. The van der Waals surface area contributed by atoms with Gasteiger partial charge in [-0.05, 0) is 55.5 Å². The van der Waals surface area contributed by atoms with Gasteiger partial charge in [0.1, 0.15) is 5.00 Å². The molecular weight excluding hydrogens is 458 g/mol. The molecule has 7 nitrogen and oxygen atoms in total. The van der Waals surface area contributed by atoms with Crippen molar-refractivity contribution in [2.75, 3.05) is 25.5 Å². The van der Waals surface area contributed by atoms with Crippen LogP contribution in [0.25, 0.3) is 0 Å². The third-order valence-electron chi connectivity index (χ3n) is 5.52. The van der Waals surface area contributed by atoms with Gasteiger partial charge in [-0.1, -0.05) is 18.6 Å². The Hall–Kier alpha value is -2.75. The maximum Gasteiger partial charge on any atom is 0.256 e. The molecule has 3 rings (SSSR count). The van der Waals surface area contributed by atoms with Gasteiger partial charge in [-0.25, -0.2) is 8.42 Å². The van der Waals surface area contributed by atoms with Crippen LogP contribution >= 0.6 is 11.3 Å². The predicted octanol–water partition coefficient (Wildman–Crippen LogP) is 3.99. The van der Waals surface area contributed by atoms with E-state index < -0.39 is 15.9 Å². The summed E-state index contributed by atoms with van der Waals surface area (Å²) in [5, 5.41) is 6.08. The summed E-state index contributed by atoms with van der Waals surface area (Å²) in [5.74, 6) is -0.606. The van der Waals surface area contributed by atoms with Crippen LogP contribution in [0.1, 0.15) is 50.4 Å². The Morgan fingerprint density at radius 2 is 1.67 bits per heavy atom. The van der Waals surface area contributed by atoms with E-state index in [2.05, 4.69) is 23.8 Å². The minimum Gasteiger partial charge on any atom is -0.355 e. The van der Waals surface area contributed by atoms with E-state index in [9.17, 15) is 18.0 Å². The third-order valence-corrected chi connectivity index (χ3v) is 8.58. The number of anilines is 1. The average Bonchev–Trinajstić information content (AvgIpc) is 2.98. The Labute approximate surface area is 199 Å². The van der Waals surface area contributed by atoms with Crippen LogP contribution in [0.2, 0.25) is 0 Å². The highest BCUT2D eigenvalue weighted by atomic mass is 32.2. The molecule has 2 amide bonds. The Kier molecular flexibility index (Phi) is 8.23. The summed E-state index contributed by atoms with van der Waals surface area (Å²) in [4.78, 5) is 26.7. The standard InChI is InChI=1S/C24H29N3O4S2/c1-4-15-27(16-5-2)33(30,31)18-13-11-17(12-14-18)22(28)26-24-21(23(29)25-3)19-9-7-6-8-10-20(19)32-24/h4-5,11-14H,1-2,6-10,15-16H2,3H3,(H,25,29)(H,26,28). The van der Waals surface area contributed by atoms with Gasteiger partial charge in [0.25, 0.3) is 11.8 Å². The van der Waals surface area contributed by atoms with Crippen molar-refractivity contribution in [1.29, 1.82) is 0 Å². The van der Waals surface area contributed by atoms with E-state index in [1.165, 1.54) is 52.1 Å². The van der Waals surface area contributed by atoms with E-state index in [1.807, 2.05) is 0 Å². The summed E-state index contributed by atoms with van der Waals surface area (Å²) in [7, 11) is -2.17. The molecule has 0 fully saturated rings. The summed E-state index contributed by atoms with van der Waals surface area (Å²) >= 11 is 1.45. The number of thiophene rings is 1. The number of hydrogen-bond donors (Lipinski definition) is 2. The molecule has 33 heavy (non-hydrogen) atoms. The fourth-order valence-corrected chi connectivity index (χ4v) is 6.52. The van der Waals surface area contributed by atoms with Crippen LogP contribution in [0.5, 0.6) is 0 Å². The van der Waals surface area contributed by atoms with Crippen LogP contribution in [0, 0.1) is 0 Å². The lowest BCUT2D eigenvalue weighted by Gasteiger charge is -2.19. The summed E-state index contributed by atoms with van der Waals surface area (Å²) < 4.78 is 27.0. The van der Waals surface area contributed by atoms with Crippen molar-refractivity contribution in [3.63, 3.8) is 0 Å². The Morgan fingerprint density at radius 3 is 2.27 bits per heavy atom. The van der Waals surface area contributed by atoms with Crippen molar-refractivity contribution in [1.82, 2.24) is 9.62 Å². The first-order chi connectivity index (χ1) is 15.8. The minimum absolute atomic E-state index is 0.0802. The SMILES string of the molecule is C=CCN(CC=C)S(=O)(=O)c1ccc(C(=O)Nc2sc3c(c2C(=O)NC)CCCCC3)cc1. The molecule has 0 aliphatic heterocycles. The fraction of sp³-hybridized carbons (Fsp3) is 0.333. The quantitative estimate of drug-likeness (QED) is 0.413. The molecule has 0 radical (unpaired) electrons. The lowest BCUT2D eigenvalue weighted by atomic mass is 10.0. The number of fused-ring (bicyclic) bond motifs is 1. The van der Waals surface area contributed by atoms with Crippen LogP contribution in [-0.2, 0) is 22.9 Å². The maximum atomic E-state index is 12.9. The third kappa shape index (κ3) is 5.43. The van der Waals surface area contributed by atoms with Crippen molar-refractivity contribution in [2.45, 2.75) is 37.0 Å². The zero-order valence-electron chi connectivity index (χ0n) is 18.7. The van der Waals surface area contributed by atoms with Crippen LogP contribution in [0.4, 0.5) is 5.00 Å². The van der Waals surface area contributed by atoms with Crippen LogP contribution < -0.4 is 10.6 Å². The van der Waals surface area contributed by atoms with Crippen LogP contribution in [0.3, 0.4) is 0 Å². The number of aryl methyl sites for hydroxylation is 1. The number of benzene rings is 1. The van der Waals surface area contributed by atoms with E-state index in [-0.39, 0.29) is 23.9 Å². The highest BCUT2D eigenvalue weighted by molar-refractivity contribution is 7.89. The average molecular weight is 488 g/mol. The van der Waals surface area contributed by atoms with Gasteiger partial charge >= 0.3 is 0 Å². The number of carbonyl (C=O) groups excluding carboxylic acids is 2. The maximum absolute atomic E-state index is 12.9. The van der Waals surface area contributed by atoms with Crippen molar-refractivity contribution in [2.24, 2.45) is 0 Å². The molecule has 0 unspecified atom stereocenters. The van der Waals surface area contributed by atoms with E-state index in [0.29, 0.717) is 16.1 Å². The normalized spacial score (nSPS) is 13.6. The van der Waals surface area contributed by atoms with Gasteiger partial charge in [0.05, 0.1) is 10.5 Å². The van der Waals surface area contributed by atoms with Crippen molar-refractivity contribution < 1.29 is 18.0 Å². The number of amides is 2. The first kappa shape index (κ1) is 24.9. The minimum atomic E-state index is -3.75. The van der Waals surface area contributed by atoms with Crippen LogP contribution in [-0.4, -0.2) is 44.7 Å². The molecule has 1 aliphatic carbocycles. The molecule has 0 atom stereocenters.